The summed E-state index contributed by atoms with van der Waals surface area (Å²) in [6, 6.07) is 2.24. The zero-order valence-electron chi connectivity index (χ0n) is 11.2. The summed E-state index contributed by atoms with van der Waals surface area (Å²) in [5.74, 6) is 1.72. The third-order valence-corrected chi connectivity index (χ3v) is 3.43. The zero-order valence-corrected chi connectivity index (χ0v) is 12.8. The molecule has 0 radical (unpaired) electrons. The van der Waals surface area contributed by atoms with Gasteiger partial charge in [-0.15, -0.1) is 0 Å². The summed E-state index contributed by atoms with van der Waals surface area (Å²) in [4.78, 5) is 8.51. The van der Waals surface area contributed by atoms with Crippen molar-refractivity contribution in [2.75, 3.05) is 7.05 Å². The van der Waals surface area contributed by atoms with Crippen LogP contribution in [-0.2, 0) is 6.42 Å². The lowest BCUT2D eigenvalue weighted by molar-refractivity contribution is 0.335. The Bertz CT molecular complexity index is 541. The summed E-state index contributed by atoms with van der Waals surface area (Å²) >= 11 is 3.38. The van der Waals surface area contributed by atoms with Gasteiger partial charge in [0.05, 0.1) is 0 Å². The van der Waals surface area contributed by atoms with Crippen molar-refractivity contribution < 1.29 is 4.52 Å². The number of rotatable bonds is 5. The summed E-state index contributed by atoms with van der Waals surface area (Å²) in [6.45, 7) is 4.33. The number of nitrogens with one attached hydrogen (secondary N) is 1. The first-order valence-electron chi connectivity index (χ1n) is 6.21. The van der Waals surface area contributed by atoms with Gasteiger partial charge in [-0.2, -0.15) is 4.98 Å². The van der Waals surface area contributed by atoms with Crippen molar-refractivity contribution in [3.63, 3.8) is 0 Å². The number of nitrogens with zero attached hydrogens (tertiary/aromatic N) is 3. The number of pyridine rings is 1. The van der Waals surface area contributed by atoms with E-state index in [-0.39, 0.29) is 0 Å². The van der Waals surface area contributed by atoms with Crippen LogP contribution in [0.25, 0.3) is 11.4 Å². The van der Waals surface area contributed by atoms with Crippen LogP contribution in [-0.4, -0.2) is 28.2 Å². The molecule has 0 aliphatic carbocycles. The molecule has 0 saturated carbocycles. The zero-order chi connectivity index (χ0) is 13.8. The Morgan fingerprint density at radius 2 is 2.16 bits per heavy atom. The Morgan fingerprint density at radius 1 is 1.37 bits per heavy atom. The fourth-order valence-electron chi connectivity index (χ4n) is 1.85. The Morgan fingerprint density at radius 3 is 2.79 bits per heavy atom. The average molecular weight is 325 g/mol. The van der Waals surface area contributed by atoms with Crippen molar-refractivity contribution in [1.29, 1.82) is 0 Å². The van der Waals surface area contributed by atoms with Gasteiger partial charge in [0.1, 0.15) is 0 Å². The number of halogens is 1. The minimum absolute atomic E-state index is 0.328. The van der Waals surface area contributed by atoms with E-state index in [0.717, 1.165) is 16.5 Å². The third-order valence-electron chi connectivity index (χ3n) is 3.00. The molecule has 2 aromatic rings. The Balaban J connectivity index is 2.15. The molecule has 0 saturated heterocycles. The largest absolute Gasteiger partial charge is 0.339 e. The highest BCUT2D eigenvalue weighted by atomic mass is 79.9. The van der Waals surface area contributed by atoms with Crippen LogP contribution in [0.5, 0.6) is 0 Å². The molecule has 0 spiro atoms. The Kier molecular flexibility index (Phi) is 4.66. The Hall–Kier alpha value is -1.27. The van der Waals surface area contributed by atoms with Crippen molar-refractivity contribution in [2.45, 2.75) is 26.3 Å². The van der Waals surface area contributed by atoms with Crippen molar-refractivity contribution in [3.05, 3.63) is 28.8 Å². The highest BCUT2D eigenvalue weighted by molar-refractivity contribution is 9.10. The van der Waals surface area contributed by atoms with Crippen LogP contribution in [0, 0.1) is 5.92 Å². The summed E-state index contributed by atoms with van der Waals surface area (Å²) < 4.78 is 6.19. The van der Waals surface area contributed by atoms with Gasteiger partial charge in [0.2, 0.25) is 11.7 Å². The maximum absolute atomic E-state index is 5.30. The van der Waals surface area contributed by atoms with E-state index in [1.807, 2.05) is 13.1 Å². The van der Waals surface area contributed by atoms with Gasteiger partial charge in [0.15, 0.2) is 0 Å². The molecule has 5 nitrogen and oxygen atoms in total. The molecule has 0 bridgehead atoms. The van der Waals surface area contributed by atoms with Crippen LogP contribution < -0.4 is 5.32 Å². The molecule has 2 rings (SSSR count). The molecule has 0 aliphatic heterocycles. The number of likely N-dealkylation sites (N-methyl/N-ethyl adjacent to an activating group) is 1. The number of hydrogen-bond donors (Lipinski definition) is 1. The monoisotopic (exact) mass is 324 g/mol. The molecule has 1 N–H and O–H groups in total. The smallest absolute Gasteiger partial charge is 0.228 e. The fraction of sp³-hybridized carbons (Fsp3) is 0.462. The topological polar surface area (TPSA) is 63.8 Å². The van der Waals surface area contributed by atoms with Crippen molar-refractivity contribution in [1.82, 2.24) is 20.4 Å². The van der Waals surface area contributed by atoms with Crippen LogP contribution in [0.1, 0.15) is 19.7 Å². The second-order valence-electron chi connectivity index (χ2n) is 4.75. The normalized spacial score (nSPS) is 12.9. The van der Waals surface area contributed by atoms with E-state index in [1.54, 1.807) is 12.4 Å². The van der Waals surface area contributed by atoms with Gasteiger partial charge in [0.25, 0.3) is 0 Å². The third kappa shape index (κ3) is 3.61. The van der Waals surface area contributed by atoms with Crippen molar-refractivity contribution >= 4 is 15.9 Å². The quantitative estimate of drug-likeness (QED) is 0.916. The number of hydrogen-bond acceptors (Lipinski definition) is 5. The van der Waals surface area contributed by atoms with E-state index in [2.05, 4.69) is 50.2 Å². The molecule has 6 heteroatoms. The maximum atomic E-state index is 5.30. The molecule has 0 fully saturated rings. The van der Waals surface area contributed by atoms with E-state index in [0.29, 0.717) is 23.7 Å². The van der Waals surface area contributed by atoms with Crippen molar-refractivity contribution in [2.24, 2.45) is 5.92 Å². The second kappa shape index (κ2) is 6.25. The minimum Gasteiger partial charge on any atom is -0.339 e. The van der Waals surface area contributed by atoms with Gasteiger partial charge < -0.3 is 9.84 Å². The first-order chi connectivity index (χ1) is 9.10. The average Bonchev–Trinajstić information content (AvgIpc) is 2.84. The van der Waals surface area contributed by atoms with Crippen LogP contribution >= 0.6 is 15.9 Å². The first kappa shape index (κ1) is 14.1. The molecule has 0 aliphatic rings. The lowest BCUT2D eigenvalue weighted by Crippen LogP contribution is -2.32. The highest BCUT2D eigenvalue weighted by Gasteiger charge is 2.16. The van der Waals surface area contributed by atoms with E-state index >= 15 is 0 Å². The molecule has 2 aromatic heterocycles. The molecule has 102 valence electrons. The van der Waals surface area contributed by atoms with Crippen LogP contribution in [0.3, 0.4) is 0 Å². The number of aromatic nitrogens is 3. The first-order valence-corrected chi connectivity index (χ1v) is 7.00. The SMILES string of the molecule is CNC(Cc1nc(-c2cncc(Br)c2)no1)C(C)C. The Labute approximate surface area is 121 Å². The molecule has 19 heavy (non-hydrogen) atoms. The summed E-state index contributed by atoms with van der Waals surface area (Å²) in [7, 11) is 1.94. The summed E-state index contributed by atoms with van der Waals surface area (Å²) in [5.41, 5.74) is 0.843. The molecular formula is C13H17BrN4O. The predicted octanol–water partition coefficient (Wildman–Crippen LogP) is 2.68. The summed E-state index contributed by atoms with van der Waals surface area (Å²) in [5, 5.41) is 7.26. The van der Waals surface area contributed by atoms with Crippen molar-refractivity contribution in [3.8, 4) is 11.4 Å². The van der Waals surface area contributed by atoms with Gasteiger partial charge in [-0.3, -0.25) is 4.98 Å². The van der Waals surface area contributed by atoms with Crippen LogP contribution in [0.2, 0.25) is 0 Å². The van der Waals surface area contributed by atoms with Gasteiger partial charge >= 0.3 is 0 Å². The molecule has 1 unspecified atom stereocenters. The van der Waals surface area contributed by atoms with Gasteiger partial charge in [-0.05, 0) is 35.0 Å². The lowest BCUT2D eigenvalue weighted by atomic mass is 10.0. The van der Waals surface area contributed by atoms with E-state index in [9.17, 15) is 0 Å². The summed E-state index contributed by atoms with van der Waals surface area (Å²) in [6.07, 6.45) is 4.17. The predicted molar refractivity (Wildman–Crippen MR) is 76.6 cm³/mol. The van der Waals surface area contributed by atoms with E-state index < -0.39 is 0 Å². The molecule has 2 heterocycles. The second-order valence-corrected chi connectivity index (χ2v) is 5.66. The van der Waals surface area contributed by atoms with E-state index in [4.69, 9.17) is 4.52 Å². The van der Waals surface area contributed by atoms with E-state index in [1.165, 1.54) is 0 Å². The molecule has 0 amide bonds. The van der Waals surface area contributed by atoms with Crippen LogP contribution in [0.4, 0.5) is 0 Å². The van der Waals surface area contributed by atoms with Crippen LogP contribution in [0.15, 0.2) is 27.5 Å². The fourth-order valence-corrected chi connectivity index (χ4v) is 2.21. The minimum atomic E-state index is 0.328. The lowest BCUT2D eigenvalue weighted by Gasteiger charge is -2.17. The van der Waals surface area contributed by atoms with Gasteiger partial charge in [-0.25, -0.2) is 0 Å². The molecule has 1 atom stereocenters. The maximum Gasteiger partial charge on any atom is 0.228 e. The molecular weight excluding hydrogens is 308 g/mol. The van der Waals surface area contributed by atoms with Gasteiger partial charge in [0, 0.05) is 34.9 Å². The highest BCUT2D eigenvalue weighted by Crippen LogP contribution is 2.19. The molecule has 0 aromatic carbocycles. The standard InChI is InChI=1S/C13H17BrN4O/c1-8(2)11(15-3)5-12-17-13(18-19-12)9-4-10(14)7-16-6-9/h4,6-8,11,15H,5H2,1-3H3. The van der Waals surface area contributed by atoms with Gasteiger partial charge in [-0.1, -0.05) is 19.0 Å².